The molecule has 254 valence electrons. The zero-order chi connectivity index (χ0) is 33.2. The summed E-state index contributed by atoms with van der Waals surface area (Å²) in [5.74, 6) is -1.10. The quantitative estimate of drug-likeness (QED) is 0.266. The molecule has 0 radical (unpaired) electrons. The first-order chi connectivity index (χ1) is 22.3. The van der Waals surface area contributed by atoms with Gasteiger partial charge in [0.15, 0.2) is 47.2 Å². The summed E-state index contributed by atoms with van der Waals surface area (Å²) >= 11 is 6.39. The number of rotatable bonds is 8. The number of aromatic nitrogens is 4. The van der Waals surface area contributed by atoms with Crippen LogP contribution in [-0.4, -0.2) is 105 Å². The molecule has 4 aliphatic rings. The Morgan fingerprint density at radius 1 is 1.06 bits per heavy atom. The first-order valence-corrected chi connectivity index (χ1v) is 15.7. The lowest BCUT2D eigenvalue weighted by atomic mass is 9.99. The first kappa shape index (κ1) is 32.4. The Hall–Kier alpha value is -3.19. The average Bonchev–Trinajstić information content (AvgIpc) is 3.76. The van der Waals surface area contributed by atoms with Crippen LogP contribution >= 0.6 is 11.6 Å². The summed E-state index contributed by atoms with van der Waals surface area (Å²) < 4.78 is 44.5. The summed E-state index contributed by atoms with van der Waals surface area (Å²) in [4.78, 5) is 25.4. The largest absolute Gasteiger partial charge is 0.490 e. The van der Waals surface area contributed by atoms with E-state index in [1.165, 1.54) is 24.3 Å². The highest BCUT2D eigenvalue weighted by Crippen LogP contribution is 2.44. The number of hydrogen-bond donors (Lipinski definition) is 4. The molecule has 6 heterocycles. The van der Waals surface area contributed by atoms with Crippen molar-refractivity contribution in [1.29, 1.82) is 0 Å². The van der Waals surface area contributed by atoms with E-state index in [1.807, 2.05) is 27.7 Å². The Labute approximate surface area is 275 Å². The summed E-state index contributed by atoms with van der Waals surface area (Å²) in [6.45, 7) is 7.80. The monoisotopic (exact) mass is 675 g/mol. The molecule has 9 unspecified atom stereocenters. The zero-order valence-electron chi connectivity index (χ0n) is 26.5. The lowest BCUT2D eigenvalue weighted by Crippen LogP contribution is -2.56. The minimum Gasteiger partial charge on any atom is -0.490 e. The summed E-state index contributed by atoms with van der Waals surface area (Å²) in [7, 11) is 1.47. The smallest absolute Gasteiger partial charge is 0.250 e. The third-order valence-corrected chi connectivity index (χ3v) is 8.82. The number of likely N-dealkylation sites (N-methyl/N-ethyl adjacent to an activating group) is 1. The number of aliphatic hydroxyl groups is 1. The van der Waals surface area contributed by atoms with Crippen molar-refractivity contribution in [3.63, 3.8) is 0 Å². The molecular formula is C30H38ClN7O9. The lowest BCUT2D eigenvalue weighted by Gasteiger charge is -2.37. The molecule has 16 nitrogen and oxygen atoms in total. The van der Waals surface area contributed by atoms with Crippen LogP contribution in [0.25, 0.3) is 11.2 Å². The minimum atomic E-state index is -1.17. The van der Waals surface area contributed by atoms with Crippen LogP contribution in [0.2, 0.25) is 5.02 Å². The summed E-state index contributed by atoms with van der Waals surface area (Å²) in [6, 6.07) is 4.38. The molecule has 17 heteroatoms. The molecule has 4 fully saturated rings. The number of carbonyl (C=O) groups is 1. The molecular weight excluding hydrogens is 638 g/mol. The number of nitrogens with zero attached hydrogens (tertiary/aromatic N) is 4. The van der Waals surface area contributed by atoms with Crippen LogP contribution in [0.3, 0.4) is 0 Å². The van der Waals surface area contributed by atoms with Crippen LogP contribution in [0, 0.1) is 0 Å². The number of hydrogen-bond acceptors (Lipinski definition) is 14. The molecule has 4 saturated heterocycles. The summed E-state index contributed by atoms with van der Waals surface area (Å²) in [5, 5.41) is 17.1. The highest BCUT2D eigenvalue weighted by Gasteiger charge is 2.60. The van der Waals surface area contributed by atoms with Gasteiger partial charge in [-0.2, -0.15) is 0 Å². The first-order valence-electron chi connectivity index (χ1n) is 15.3. The van der Waals surface area contributed by atoms with Crippen molar-refractivity contribution < 1.29 is 43.1 Å². The maximum Gasteiger partial charge on any atom is 0.250 e. The second kappa shape index (κ2) is 12.0. The van der Waals surface area contributed by atoms with E-state index < -0.39 is 72.7 Å². The number of aliphatic hydroxyl groups excluding tert-OH is 1. The molecule has 0 aliphatic carbocycles. The van der Waals surface area contributed by atoms with Crippen LogP contribution in [0.15, 0.2) is 30.9 Å². The normalized spacial score (nSPS) is 33.8. The predicted octanol–water partition coefficient (Wildman–Crippen LogP) is 1.20. The zero-order valence-corrected chi connectivity index (χ0v) is 27.2. The van der Waals surface area contributed by atoms with Gasteiger partial charge in [0.25, 0.3) is 5.91 Å². The van der Waals surface area contributed by atoms with E-state index in [4.69, 9.17) is 50.5 Å². The number of anilines is 1. The molecule has 5 N–H and O–H groups in total. The van der Waals surface area contributed by atoms with Gasteiger partial charge in [0, 0.05) is 24.2 Å². The molecule has 1 aromatic carbocycles. The molecule has 0 bridgehead atoms. The lowest BCUT2D eigenvalue weighted by molar-refractivity contribution is -0.238. The van der Waals surface area contributed by atoms with Gasteiger partial charge in [0.1, 0.15) is 49.2 Å². The van der Waals surface area contributed by atoms with Crippen molar-refractivity contribution >= 4 is 34.5 Å². The Kier molecular flexibility index (Phi) is 8.30. The molecule has 9 atom stereocenters. The number of halogens is 1. The molecule has 3 aromatic rings. The Morgan fingerprint density at radius 2 is 1.81 bits per heavy atom. The number of ether oxygens (including phenoxy) is 7. The van der Waals surface area contributed by atoms with E-state index in [2.05, 4.69) is 25.6 Å². The second-order valence-electron chi connectivity index (χ2n) is 12.8. The number of nitrogens with one attached hydrogen (secondary N) is 2. The number of fused-ring (bicyclic) bond motifs is 4. The highest BCUT2D eigenvalue weighted by molar-refractivity contribution is 6.30. The van der Waals surface area contributed by atoms with Gasteiger partial charge < -0.3 is 54.6 Å². The molecule has 0 spiro atoms. The maximum absolute atomic E-state index is 12.2. The van der Waals surface area contributed by atoms with E-state index in [1.54, 1.807) is 18.2 Å². The third-order valence-electron chi connectivity index (χ3n) is 8.58. The topological polar surface area (TPSA) is 196 Å². The Bertz CT molecular complexity index is 1660. The molecule has 47 heavy (non-hydrogen) atoms. The minimum absolute atomic E-state index is 0.146. The van der Waals surface area contributed by atoms with Gasteiger partial charge in [-0.1, -0.05) is 11.6 Å². The van der Waals surface area contributed by atoms with E-state index in [9.17, 15) is 9.90 Å². The molecule has 7 rings (SSSR count). The maximum atomic E-state index is 12.2. The number of benzene rings is 1. The second-order valence-corrected chi connectivity index (χ2v) is 13.2. The van der Waals surface area contributed by atoms with Crippen molar-refractivity contribution in [1.82, 2.24) is 24.8 Å². The van der Waals surface area contributed by atoms with Gasteiger partial charge >= 0.3 is 0 Å². The van der Waals surface area contributed by atoms with Crippen LogP contribution in [0.4, 0.5) is 5.82 Å². The van der Waals surface area contributed by atoms with Crippen molar-refractivity contribution in [2.75, 3.05) is 19.0 Å². The molecule has 1 amide bonds. The Balaban J connectivity index is 1.07. The van der Waals surface area contributed by atoms with Crippen LogP contribution in [-0.2, 0) is 39.8 Å². The van der Waals surface area contributed by atoms with Gasteiger partial charge in [-0.25, -0.2) is 15.0 Å². The number of amides is 1. The number of imidazole rings is 1. The number of nitrogens with two attached hydrogens (primary N) is 1. The van der Waals surface area contributed by atoms with Crippen molar-refractivity contribution in [2.24, 2.45) is 5.73 Å². The molecule has 4 aliphatic heterocycles. The van der Waals surface area contributed by atoms with E-state index in [0.717, 1.165) is 5.56 Å². The van der Waals surface area contributed by atoms with Gasteiger partial charge in [-0.05, 0) is 45.9 Å². The van der Waals surface area contributed by atoms with Crippen molar-refractivity contribution in [3.8, 4) is 5.75 Å². The fraction of sp³-hybridized carbons (Fsp3) is 0.600. The van der Waals surface area contributed by atoms with Crippen LogP contribution < -0.4 is 21.1 Å². The summed E-state index contributed by atoms with van der Waals surface area (Å²) in [6.07, 6.45) is -2.77. The SMILES string of the molecule is CNC(=O)C1OC(n2cnc3c(NCc4cc(Cl)ccc4OCC4OC5OC(C)(C)OC5C5OC(C)(C)OC45)ncnc32)C(O)C1N. The van der Waals surface area contributed by atoms with E-state index in [-0.39, 0.29) is 13.2 Å². The van der Waals surface area contributed by atoms with Crippen LogP contribution in [0.1, 0.15) is 39.5 Å². The predicted molar refractivity (Wildman–Crippen MR) is 164 cm³/mol. The highest BCUT2D eigenvalue weighted by atomic mass is 35.5. The Morgan fingerprint density at radius 3 is 2.60 bits per heavy atom. The molecule has 2 aromatic heterocycles. The van der Waals surface area contributed by atoms with Crippen LogP contribution in [0.5, 0.6) is 5.75 Å². The van der Waals surface area contributed by atoms with Crippen molar-refractivity contribution in [2.45, 2.75) is 101 Å². The van der Waals surface area contributed by atoms with Gasteiger partial charge in [0.2, 0.25) is 0 Å². The fourth-order valence-corrected chi connectivity index (χ4v) is 6.67. The van der Waals surface area contributed by atoms with Gasteiger partial charge in [0.05, 0.1) is 12.4 Å². The third kappa shape index (κ3) is 6.02. The molecule has 0 saturated carbocycles. The van der Waals surface area contributed by atoms with E-state index >= 15 is 0 Å². The average molecular weight is 676 g/mol. The fourth-order valence-electron chi connectivity index (χ4n) is 6.47. The number of carbonyl (C=O) groups excluding carboxylic acids is 1. The van der Waals surface area contributed by atoms with Gasteiger partial charge in [-0.15, -0.1) is 0 Å². The van der Waals surface area contributed by atoms with Gasteiger partial charge in [-0.3, -0.25) is 9.36 Å². The standard InChI is InChI=1S/C30H38ClN7O9/c1-29(2)44-20-16(42-28-23(22(20)45-29)46-30(3,4)47-28)10-41-15-7-6-14(31)8-13(15)9-34-24-18-25(36-11-35-24)38(12-37-18)27-19(39)17(32)21(43-27)26(40)33-5/h6-8,11-12,16-17,19-23,27-28,39H,9-10,32H2,1-5H3,(H,33,40)(H,34,35,36). The van der Waals surface area contributed by atoms with E-state index in [0.29, 0.717) is 27.8 Å². The summed E-state index contributed by atoms with van der Waals surface area (Å²) in [5.41, 5.74) is 7.62. The van der Waals surface area contributed by atoms with Crippen molar-refractivity contribution in [3.05, 3.63) is 41.4 Å².